The fourth-order valence-electron chi connectivity index (χ4n) is 2.88. The molecular weight excluding hydrogens is 323 g/mol. The summed E-state index contributed by atoms with van der Waals surface area (Å²) in [5.74, 6) is -0.732. The molecule has 0 aliphatic carbocycles. The van der Waals surface area contributed by atoms with Crippen LogP contribution >= 0.6 is 0 Å². The predicted octanol–water partition coefficient (Wildman–Crippen LogP) is 3.22. The van der Waals surface area contributed by atoms with Gasteiger partial charge in [0, 0.05) is 18.7 Å². The summed E-state index contributed by atoms with van der Waals surface area (Å²) in [5, 5.41) is 2.67. The molecule has 3 rings (SSSR count). The van der Waals surface area contributed by atoms with Crippen molar-refractivity contribution in [1.82, 2.24) is 0 Å². The number of para-hydroxylation sites is 2. The third kappa shape index (κ3) is 3.79. The number of hydrogen-bond donors (Lipinski definition) is 1. The van der Waals surface area contributed by atoms with Gasteiger partial charge in [0.1, 0.15) is 11.6 Å². The van der Waals surface area contributed by atoms with Gasteiger partial charge < -0.3 is 15.0 Å². The SMILES string of the molecule is CCOc1ccccc1N1C[C@H](C(=O)Nc2cccc(F)c2)CC1=O. The van der Waals surface area contributed by atoms with Crippen LogP contribution in [-0.4, -0.2) is 25.0 Å². The van der Waals surface area contributed by atoms with E-state index in [1.54, 1.807) is 23.1 Å². The largest absolute Gasteiger partial charge is 0.492 e. The number of nitrogens with one attached hydrogen (secondary N) is 1. The van der Waals surface area contributed by atoms with E-state index in [1.807, 2.05) is 19.1 Å². The van der Waals surface area contributed by atoms with Crippen LogP contribution in [0.5, 0.6) is 5.75 Å². The molecular formula is C19H19FN2O3. The number of carbonyl (C=O) groups is 2. The lowest BCUT2D eigenvalue weighted by Gasteiger charge is -2.20. The van der Waals surface area contributed by atoms with E-state index >= 15 is 0 Å². The maximum absolute atomic E-state index is 13.2. The van der Waals surface area contributed by atoms with Crippen molar-refractivity contribution in [2.24, 2.45) is 5.92 Å². The molecule has 1 aliphatic rings. The van der Waals surface area contributed by atoms with Gasteiger partial charge in [-0.15, -0.1) is 0 Å². The standard InChI is InChI=1S/C19H19FN2O3/c1-2-25-17-9-4-3-8-16(17)22-12-13(10-18(22)23)19(24)21-15-7-5-6-14(20)11-15/h3-9,11,13H,2,10,12H2,1H3,(H,21,24)/t13-/m1/s1. The molecule has 2 aromatic carbocycles. The first-order valence-electron chi connectivity index (χ1n) is 8.17. The van der Waals surface area contributed by atoms with Gasteiger partial charge in [0.15, 0.2) is 0 Å². The van der Waals surface area contributed by atoms with E-state index in [1.165, 1.54) is 18.2 Å². The van der Waals surface area contributed by atoms with E-state index in [9.17, 15) is 14.0 Å². The Kier molecular flexibility index (Phi) is 4.97. The Bertz CT molecular complexity index is 794. The first-order chi connectivity index (χ1) is 12.1. The van der Waals surface area contributed by atoms with Gasteiger partial charge in [-0.3, -0.25) is 9.59 Å². The van der Waals surface area contributed by atoms with Crippen LogP contribution in [-0.2, 0) is 9.59 Å². The van der Waals surface area contributed by atoms with E-state index in [0.29, 0.717) is 23.7 Å². The Balaban J connectivity index is 1.73. The molecule has 5 nitrogen and oxygen atoms in total. The molecule has 0 unspecified atom stereocenters. The van der Waals surface area contributed by atoms with Crippen LogP contribution in [0.3, 0.4) is 0 Å². The number of benzene rings is 2. The molecule has 130 valence electrons. The van der Waals surface area contributed by atoms with Gasteiger partial charge in [-0.25, -0.2) is 4.39 Å². The zero-order valence-corrected chi connectivity index (χ0v) is 13.9. The summed E-state index contributed by atoms with van der Waals surface area (Å²) in [6, 6.07) is 12.9. The highest BCUT2D eigenvalue weighted by Crippen LogP contribution is 2.33. The van der Waals surface area contributed by atoms with Crippen LogP contribution in [0.4, 0.5) is 15.8 Å². The van der Waals surface area contributed by atoms with E-state index in [0.717, 1.165) is 0 Å². The quantitative estimate of drug-likeness (QED) is 0.908. The lowest BCUT2D eigenvalue weighted by atomic mass is 10.1. The summed E-state index contributed by atoms with van der Waals surface area (Å²) < 4.78 is 18.8. The molecule has 0 aromatic heterocycles. The Morgan fingerprint density at radius 2 is 2.08 bits per heavy atom. The molecule has 1 fully saturated rings. The predicted molar refractivity (Wildman–Crippen MR) is 93.1 cm³/mol. The number of rotatable bonds is 5. The second kappa shape index (κ2) is 7.34. The number of carbonyl (C=O) groups excluding carboxylic acids is 2. The van der Waals surface area contributed by atoms with Gasteiger partial charge in [-0.1, -0.05) is 18.2 Å². The minimum atomic E-state index is -0.495. The summed E-state index contributed by atoms with van der Waals surface area (Å²) in [7, 11) is 0. The minimum Gasteiger partial charge on any atom is -0.492 e. The third-order valence-electron chi connectivity index (χ3n) is 4.04. The van der Waals surface area contributed by atoms with Crippen molar-refractivity contribution in [1.29, 1.82) is 0 Å². The van der Waals surface area contributed by atoms with Gasteiger partial charge in [0.25, 0.3) is 0 Å². The lowest BCUT2D eigenvalue weighted by molar-refractivity contribution is -0.122. The third-order valence-corrected chi connectivity index (χ3v) is 4.04. The Morgan fingerprint density at radius 3 is 2.84 bits per heavy atom. The van der Waals surface area contributed by atoms with Crippen LogP contribution < -0.4 is 15.0 Å². The normalized spacial score (nSPS) is 16.8. The first-order valence-corrected chi connectivity index (χ1v) is 8.17. The highest BCUT2D eigenvalue weighted by molar-refractivity contribution is 6.04. The van der Waals surface area contributed by atoms with Crippen molar-refractivity contribution in [2.45, 2.75) is 13.3 Å². The van der Waals surface area contributed by atoms with Crippen molar-refractivity contribution >= 4 is 23.2 Å². The second-order valence-corrected chi connectivity index (χ2v) is 5.81. The average molecular weight is 342 g/mol. The maximum Gasteiger partial charge on any atom is 0.229 e. The number of nitrogens with zero attached hydrogens (tertiary/aromatic N) is 1. The molecule has 1 N–H and O–H groups in total. The summed E-state index contributed by atoms with van der Waals surface area (Å²) in [6.45, 7) is 2.63. The number of anilines is 2. The van der Waals surface area contributed by atoms with Crippen LogP contribution in [0, 0.1) is 11.7 Å². The van der Waals surface area contributed by atoms with E-state index in [-0.39, 0.29) is 24.8 Å². The maximum atomic E-state index is 13.2. The second-order valence-electron chi connectivity index (χ2n) is 5.81. The Labute approximate surface area is 145 Å². The molecule has 25 heavy (non-hydrogen) atoms. The first kappa shape index (κ1) is 17.0. The van der Waals surface area contributed by atoms with Crippen LogP contribution in [0.2, 0.25) is 0 Å². The minimum absolute atomic E-state index is 0.113. The topological polar surface area (TPSA) is 58.6 Å². The van der Waals surface area contributed by atoms with Crippen LogP contribution in [0.15, 0.2) is 48.5 Å². The van der Waals surface area contributed by atoms with Crippen molar-refractivity contribution in [3.05, 3.63) is 54.3 Å². The van der Waals surface area contributed by atoms with E-state index in [4.69, 9.17) is 4.74 Å². The fraction of sp³-hybridized carbons (Fsp3) is 0.263. The van der Waals surface area contributed by atoms with Gasteiger partial charge in [0.2, 0.25) is 11.8 Å². The number of ether oxygens (including phenoxy) is 1. The monoisotopic (exact) mass is 342 g/mol. The van der Waals surface area contributed by atoms with Gasteiger partial charge in [0.05, 0.1) is 18.2 Å². The molecule has 1 heterocycles. The molecule has 1 atom stereocenters. The molecule has 6 heteroatoms. The van der Waals surface area contributed by atoms with Gasteiger partial charge in [-0.05, 0) is 37.3 Å². The van der Waals surface area contributed by atoms with E-state index < -0.39 is 11.7 Å². The van der Waals surface area contributed by atoms with Crippen molar-refractivity contribution in [3.8, 4) is 5.75 Å². The summed E-state index contributed by atoms with van der Waals surface area (Å²) >= 11 is 0. The smallest absolute Gasteiger partial charge is 0.229 e. The lowest BCUT2D eigenvalue weighted by Crippen LogP contribution is -2.28. The van der Waals surface area contributed by atoms with Crippen molar-refractivity contribution in [2.75, 3.05) is 23.4 Å². The molecule has 1 aliphatic heterocycles. The molecule has 2 amide bonds. The molecule has 2 aromatic rings. The van der Waals surface area contributed by atoms with Crippen molar-refractivity contribution in [3.63, 3.8) is 0 Å². The highest BCUT2D eigenvalue weighted by Gasteiger charge is 2.36. The average Bonchev–Trinajstić information content (AvgIpc) is 2.97. The Morgan fingerprint density at radius 1 is 1.28 bits per heavy atom. The molecule has 0 bridgehead atoms. The fourth-order valence-corrected chi connectivity index (χ4v) is 2.88. The molecule has 0 radical (unpaired) electrons. The molecule has 0 saturated carbocycles. The zero-order valence-electron chi connectivity index (χ0n) is 13.9. The molecule has 1 saturated heterocycles. The zero-order chi connectivity index (χ0) is 17.8. The van der Waals surface area contributed by atoms with Crippen molar-refractivity contribution < 1.29 is 18.7 Å². The van der Waals surface area contributed by atoms with Crippen LogP contribution in [0.1, 0.15) is 13.3 Å². The Hall–Kier alpha value is -2.89. The summed E-state index contributed by atoms with van der Waals surface area (Å²) in [4.78, 5) is 26.4. The number of amides is 2. The van der Waals surface area contributed by atoms with E-state index in [2.05, 4.69) is 5.32 Å². The summed E-state index contributed by atoms with van der Waals surface area (Å²) in [5.41, 5.74) is 1.04. The van der Waals surface area contributed by atoms with Gasteiger partial charge in [-0.2, -0.15) is 0 Å². The number of hydrogen-bond acceptors (Lipinski definition) is 3. The van der Waals surface area contributed by atoms with Crippen LogP contribution in [0.25, 0.3) is 0 Å². The highest BCUT2D eigenvalue weighted by atomic mass is 19.1. The number of halogens is 1. The molecule has 0 spiro atoms. The summed E-state index contributed by atoms with van der Waals surface area (Å²) in [6.07, 6.45) is 0.113. The van der Waals surface area contributed by atoms with Gasteiger partial charge >= 0.3 is 0 Å².